The van der Waals surface area contributed by atoms with E-state index in [1.165, 1.54) is 12.1 Å². The molecule has 0 bridgehead atoms. The lowest BCUT2D eigenvalue weighted by molar-refractivity contribution is 0.627. The van der Waals surface area contributed by atoms with E-state index in [0.29, 0.717) is 5.69 Å². The Hall–Kier alpha value is -2.34. The van der Waals surface area contributed by atoms with E-state index < -0.39 is 6.04 Å². The standard InChI is InChI=1S/C16H15FN2/c1-12(13-6-3-2-4-7-13)16(11-18)19-15-9-5-8-14(17)10-15/h2-10,12,16,19H,1H3. The van der Waals surface area contributed by atoms with Crippen LogP contribution in [0.2, 0.25) is 0 Å². The third-order valence-electron chi connectivity index (χ3n) is 3.11. The summed E-state index contributed by atoms with van der Waals surface area (Å²) in [5.74, 6) is -0.288. The first-order valence-corrected chi connectivity index (χ1v) is 6.17. The number of rotatable bonds is 4. The maximum atomic E-state index is 13.1. The fourth-order valence-electron chi connectivity index (χ4n) is 1.98. The van der Waals surface area contributed by atoms with Crippen LogP contribution in [0.5, 0.6) is 0 Å². The third-order valence-corrected chi connectivity index (χ3v) is 3.11. The first-order chi connectivity index (χ1) is 9.20. The molecular weight excluding hydrogens is 239 g/mol. The maximum Gasteiger partial charge on any atom is 0.125 e. The van der Waals surface area contributed by atoms with E-state index >= 15 is 0 Å². The summed E-state index contributed by atoms with van der Waals surface area (Å²) < 4.78 is 13.1. The number of nitrogens with one attached hydrogen (secondary N) is 1. The minimum Gasteiger partial charge on any atom is -0.369 e. The van der Waals surface area contributed by atoms with Crippen molar-refractivity contribution in [2.45, 2.75) is 18.9 Å². The van der Waals surface area contributed by atoms with E-state index in [-0.39, 0.29) is 11.7 Å². The highest BCUT2D eigenvalue weighted by Gasteiger charge is 2.18. The molecule has 0 aliphatic carbocycles. The molecule has 0 amide bonds. The molecule has 0 saturated carbocycles. The largest absolute Gasteiger partial charge is 0.369 e. The zero-order valence-corrected chi connectivity index (χ0v) is 10.7. The van der Waals surface area contributed by atoms with Gasteiger partial charge in [0.05, 0.1) is 6.07 Å². The number of nitriles is 1. The van der Waals surface area contributed by atoms with Crippen molar-refractivity contribution >= 4 is 5.69 Å². The van der Waals surface area contributed by atoms with Crippen LogP contribution in [0, 0.1) is 17.1 Å². The van der Waals surface area contributed by atoms with E-state index in [9.17, 15) is 9.65 Å². The van der Waals surface area contributed by atoms with Gasteiger partial charge in [0.1, 0.15) is 11.9 Å². The molecule has 96 valence electrons. The molecule has 2 aromatic carbocycles. The highest BCUT2D eigenvalue weighted by Crippen LogP contribution is 2.22. The van der Waals surface area contributed by atoms with Crippen LogP contribution in [-0.2, 0) is 0 Å². The smallest absolute Gasteiger partial charge is 0.125 e. The lowest BCUT2D eigenvalue weighted by Crippen LogP contribution is -2.24. The molecule has 1 N–H and O–H groups in total. The van der Waals surface area contributed by atoms with E-state index in [4.69, 9.17) is 0 Å². The normalized spacial score (nSPS) is 13.3. The Labute approximate surface area is 112 Å². The van der Waals surface area contributed by atoms with Gasteiger partial charge in [-0.3, -0.25) is 0 Å². The maximum absolute atomic E-state index is 13.1. The highest BCUT2D eigenvalue weighted by atomic mass is 19.1. The Balaban J connectivity index is 2.15. The molecule has 2 rings (SSSR count). The van der Waals surface area contributed by atoms with Crippen LogP contribution < -0.4 is 5.32 Å². The first-order valence-electron chi connectivity index (χ1n) is 6.17. The lowest BCUT2D eigenvalue weighted by Gasteiger charge is -2.20. The molecular formula is C16H15FN2. The van der Waals surface area contributed by atoms with Crippen LogP contribution >= 0.6 is 0 Å². The molecule has 3 heteroatoms. The van der Waals surface area contributed by atoms with Gasteiger partial charge < -0.3 is 5.32 Å². The number of hydrogen-bond acceptors (Lipinski definition) is 2. The number of anilines is 1. The van der Waals surface area contributed by atoms with Gasteiger partial charge in [-0.05, 0) is 23.8 Å². The lowest BCUT2D eigenvalue weighted by atomic mass is 9.94. The van der Waals surface area contributed by atoms with Crippen molar-refractivity contribution in [3.63, 3.8) is 0 Å². The summed E-state index contributed by atoms with van der Waals surface area (Å²) in [7, 11) is 0. The van der Waals surface area contributed by atoms with Crippen molar-refractivity contribution in [1.29, 1.82) is 5.26 Å². The Kier molecular flexibility index (Phi) is 4.15. The molecule has 0 heterocycles. The first kappa shape index (κ1) is 13.1. The van der Waals surface area contributed by atoms with Crippen molar-refractivity contribution in [1.82, 2.24) is 0 Å². The third kappa shape index (κ3) is 3.32. The zero-order valence-electron chi connectivity index (χ0n) is 10.7. The van der Waals surface area contributed by atoms with Crippen molar-refractivity contribution in [3.05, 3.63) is 66.0 Å². The summed E-state index contributed by atoms with van der Waals surface area (Å²) in [6.07, 6.45) is 0. The van der Waals surface area contributed by atoms with Crippen molar-refractivity contribution in [3.8, 4) is 6.07 Å². The Morgan fingerprint density at radius 2 is 1.84 bits per heavy atom. The van der Waals surface area contributed by atoms with Crippen molar-refractivity contribution < 1.29 is 4.39 Å². The van der Waals surface area contributed by atoms with E-state index in [1.807, 2.05) is 37.3 Å². The molecule has 0 aliphatic heterocycles. The molecule has 0 saturated heterocycles. The quantitative estimate of drug-likeness (QED) is 0.897. The second-order valence-electron chi connectivity index (χ2n) is 4.46. The van der Waals surface area contributed by atoms with E-state index in [0.717, 1.165) is 5.56 Å². The predicted molar refractivity (Wildman–Crippen MR) is 74.3 cm³/mol. The van der Waals surface area contributed by atoms with Gasteiger partial charge >= 0.3 is 0 Å². The fraction of sp³-hybridized carbons (Fsp3) is 0.188. The topological polar surface area (TPSA) is 35.8 Å². The van der Waals surface area contributed by atoms with Gasteiger partial charge in [0.2, 0.25) is 0 Å². The molecule has 2 aromatic rings. The summed E-state index contributed by atoms with van der Waals surface area (Å²) in [6.45, 7) is 1.98. The molecule has 0 aliphatic rings. The average Bonchev–Trinajstić information content (AvgIpc) is 2.45. The summed E-state index contributed by atoms with van der Waals surface area (Å²) in [5.41, 5.74) is 1.70. The second kappa shape index (κ2) is 6.01. The predicted octanol–water partition coefficient (Wildman–Crippen LogP) is 3.93. The number of hydrogen-bond donors (Lipinski definition) is 1. The van der Waals surface area contributed by atoms with Gasteiger partial charge in [-0.2, -0.15) is 5.26 Å². The summed E-state index contributed by atoms with van der Waals surface area (Å²) >= 11 is 0. The SMILES string of the molecule is CC(c1ccccc1)C(C#N)Nc1cccc(F)c1. The van der Waals surface area contributed by atoms with Crippen LogP contribution in [-0.4, -0.2) is 6.04 Å². The fourth-order valence-corrected chi connectivity index (χ4v) is 1.98. The van der Waals surface area contributed by atoms with Gasteiger partial charge in [0.15, 0.2) is 0 Å². The molecule has 0 spiro atoms. The molecule has 0 aromatic heterocycles. The zero-order chi connectivity index (χ0) is 13.7. The summed E-state index contributed by atoms with van der Waals surface area (Å²) in [6, 6.07) is 17.8. The number of halogens is 1. The molecule has 19 heavy (non-hydrogen) atoms. The number of benzene rings is 2. The Morgan fingerprint density at radius 1 is 1.11 bits per heavy atom. The minimum absolute atomic E-state index is 0.0227. The molecule has 2 atom stereocenters. The van der Waals surface area contributed by atoms with Crippen molar-refractivity contribution in [2.75, 3.05) is 5.32 Å². The minimum atomic E-state index is -0.399. The van der Waals surface area contributed by atoms with Gasteiger partial charge in [-0.15, -0.1) is 0 Å². The summed E-state index contributed by atoms with van der Waals surface area (Å²) in [5, 5.41) is 12.3. The highest BCUT2D eigenvalue weighted by molar-refractivity contribution is 5.46. The van der Waals surface area contributed by atoms with Gasteiger partial charge in [-0.1, -0.05) is 43.3 Å². The average molecular weight is 254 g/mol. The molecule has 2 unspecified atom stereocenters. The van der Waals surface area contributed by atoms with Crippen LogP contribution in [0.1, 0.15) is 18.4 Å². The van der Waals surface area contributed by atoms with Crippen LogP contribution in [0.3, 0.4) is 0 Å². The Morgan fingerprint density at radius 3 is 2.47 bits per heavy atom. The van der Waals surface area contributed by atoms with Gasteiger partial charge in [0.25, 0.3) is 0 Å². The van der Waals surface area contributed by atoms with E-state index in [2.05, 4.69) is 11.4 Å². The van der Waals surface area contributed by atoms with E-state index in [1.54, 1.807) is 12.1 Å². The second-order valence-corrected chi connectivity index (χ2v) is 4.46. The molecule has 0 radical (unpaired) electrons. The monoisotopic (exact) mass is 254 g/mol. The Bertz CT molecular complexity index is 575. The van der Waals surface area contributed by atoms with Crippen molar-refractivity contribution in [2.24, 2.45) is 0 Å². The van der Waals surface area contributed by atoms with Crippen LogP contribution in [0.15, 0.2) is 54.6 Å². The molecule has 2 nitrogen and oxygen atoms in total. The summed E-state index contributed by atoms with van der Waals surface area (Å²) in [4.78, 5) is 0. The van der Waals surface area contributed by atoms with Crippen LogP contribution in [0.25, 0.3) is 0 Å². The van der Waals surface area contributed by atoms with Gasteiger partial charge in [-0.25, -0.2) is 4.39 Å². The number of nitrogens with zero attached hydrogens (tertiary/aromatic N) is 1. The van der Waals surface area contributed by atoms with Gasteiger partial charge in [0, 0.05) is 11.6 Å². The molecule has 0 fully saturated rings. The van der Waals surface area contributed by atoms with Crippen LogP contribution in [0.4, 0.5) is 10.1 Å².